The smallest absolute Gasteiger partial charge is 0.162 e. The molecule has 0 saturated heterocycles. The molecule has 20 heavy (non-hydrogen) atoms. The van der Waals surface area contributed by atoms with Gasteiger partial charge in [0, 0.05) is 10.9 Å². The number of aliphatic hydroxyl groups is 1. The van der Waals surface area contributed by atoms with Gasteiger partial charge in [0.05, 0.1) is 6.10 Å². The summed E-state index contributed by atoms with van der Waals surface area (Å²) >= 11 is 3.43. The van der Waals surface area contributed by atoms with Gasteiger partial charge >= 0.3 is 0 Å². The third-order valence-electron chi connectivity index (χ3n) is 3.35. The molecule has 1 unspecified atom stereocenters. The lowest BCUT2D eigenvalue weighted by Gasteiger charge is -2.16. The van der Waals surface area contributed by atoms with Gasteiger partial charge < -0.3 is 5.11 Å². The summed E-state index contributed by atoms with van der Waals surface area (Å²) in [4.78, 5) is 0. The van der Waals surface area contributed by atoms with Crippen LogP contribution in [-0.4, -0.2) is 5.11 Å². The van der Waals surface area contributed by atoms with Gasteiger partial charge in [-0.25, -0.2) is 8.78 Å². The van der Waals surface area contributed by atoms with E-state index in [0.29, 0.717) is 0 Å². The number of rotatable bonds is 3. The van der Waals surface area contributed by atoms with Crippen LogP contribution < -0.4 is 0 Å². The van der Waals surface area contributed by atoms with Gasteiger partial charge in [-0.15, -0.1) is 0 Å². The maximum absolute atomic E-state index is 13.6. The van der Waals surface area contributed by atoms with E-state index in [2.05, 4.69) is 15.9 Å². The minimum atomic E-state index is -0.891. The quantitative estimate of drug-likeness (QED) is 0.864. The fraction of sp³-hybridized carbons (Fsp3) is 0.250. The van der Waals surface area contributed by atoms with Crippen LogP contribution >= 0.6 is 15.9 Å². The van der Waals surface area contributed by atoms with Crippen molar-refractivity contribution in [2.75, 3.05) is 0 Å². The zero-order chi connectivity index (χ0) is 14.9. The van der Waals surface area contributed by atoms with Crippen LogP contribution in [0.5, 0.6) is 0 Å². The Balaban J connectivity index is 2.31. The van der Waals surface area contributed by atoms with E-state index in [1.807, 2.05) is 26.0 Å². The SMILES string of the molecule is Cc1cc(C(O)Cc2cccc(F)c2F)c(C)cc1Br. The standard InChI is InChI=1S/C16H15BrF2O/c1-9-7-13(17)10(2)6-12(9)15(20)8-11-4-3-5-14(18)16(11)19/h3-7,15,20H,8H2,1-2H3. The van der Waals surface area contributed by atoms with Crippen LogP contribution in [0.2, 0.25) is 0 Å². The maximum atomic E-state index is 13.6. The first-order valence-corrected chi connectivity index (χ1v) is 7.07. The van der Waals surface area contributed by atoms with E-state index in [1.165, 1.54) is 12.1 Å². The van der Waals surface area contributed by atoms with Crippen molar-refractivity contribution in [3.63, 3.8) is 0 Å². The first-order valence-electron chi connectivity index (χ1n) is 6.27. The van der Waals surface area contributed by atoms with Crippen molar-refractivity contribution in [2.45, 2.75) is 26.4 Å². The molecule has 0 radical (unpaired) electrons. The molecule has 106 valence electrons. The predicted octanol–water partition coefficient (Wildman–Crippen LogP) is 4.62. The van der Waals surface area contributed by atoms with Crippen molar-refractivity contribution in [3.8, 4) is 0 Å². The van der Waals surface area contributed by atoms with Crippen LogP contribution in [0.4, 0.5) is 8.78 Å². The van der Waals surface area contributed by atoms with Crippen molar-refractivity contribution >= 4 is 15.9 Å². The van der Waals surface area contributed by atoms with E-state index in [4.69, 9.17) is 0 Å². The average Bonchev–Trinajstić information content (AvgIpc) is 2.39. The van der Waals surface area contributed by atoms with Crippen molar-refractivity contribution in [1.29, 1.82) is 0 Å². The molecule has 0 spiro atoms. The molecular formula is C16H15BrF2O. The number of hydrogen-bond donors (Lipinski definition) is 1. The molecule has 1 nitrogen and oxygen atoms in total. The molecule has 4 heteroatoms. The highest BCUT2D eigenvalue weighted by molar-refractivity contribution is 9.10. The summed E-state index contributed by atoms with van der Waals surface area (Å²) < 4.78 is 27.8. The van der Waals surface area contributed by atoms with Crippen molar-refractivity contribution < 1.29 is 13.9 Å². The minimum absolute atomic E-state index is 0.0471. The molecule has 1 N–H and O–H groups in total. The van der Waals surface area contributed by atoms with Crippen molar-refractivity contribution in [2.24, 2.45) is 0 Å². The molecule has 0 aliphatic heterocycles. The van der Waals surface area contributed by atoms with Gasteiger partial charge in [-0.05, 0) is 48.2 Å². The van der Waals surface area contributed by atoms with E-state index in [0.717, 1.165) is 27.2 Å². The van der Waals surface area contributed by atoms with Crippen LogP contribution in [0.3, 0.4) is 0 Å². The maximum Gasteiger partial charge on any atom is 0.162 e. The summed E-state index contributed by atoms with van der Waals surface area (Å²) in [5.74, 6) is -1.78. The van der Waals surface area contributed by atoms with Crippen LogP contribution in [-0.2, 0) is 6.42 Å². The second kappa shape index (κ2) is 6.02. The molecule has 0 bridgehead atoms. The summed E-state index contributed by atoms with van der Waals surface area (Å²) in [6.45, 7) is 3.80. The Morgan fingerprint density at radius 2 is 1.85 bits per heavy atom. The highest BCUT2D eigenvalue weighted by Crippen LogP contribution is 2.28. The minimum Gasteiger partial charge on any atom is -0.388 e. The number of hydrogen-bond acceptors (Lipinski definition) is 1. The van der Waals surface area contributed by atoms with E-state index in [9.17, 15) is 13.9 Å². The van der Waals surface area contributed by atoms with Gasteiger partial charge in [-0.2, -0.15) is 0 Å². The van der Waals surface area contributed by atoms with Gasteiger partial charge in [0.2, 0.25) is 0 Å². The van der Waals surface area contributed by atoms with Crippen LogP contribution in [0, 0.1) is 25.5 Å². The molecule has 0 aromatic heterocycles. The Bertz CT molecular complexity index is 641. The Morgan fingerprint density at radius 1 is 1.15 bits per heavy atom. The number of halogens is 3. The van der Waals surface area contributed by atoms with Gasteiger partial charge in [0.1, 0.15) is 0 Å². The van der Waals surface area contributed by atoms with Crippen molar-refractivity contribution in [3.05, 3.63) is 68.7 Å². The lowest BCUT2D eigenvalue weighted by molar-refractivity contribution is 0.176. The largest absolute Gasteiger partial charge is 0.388 e. The molecule has 2 rings (SSSR count). The molecule has 2 aromatic rings. The van der Waals surface area contributed by atoms with Crippen LogP contribution in [0.15, 0.2) is 34.8 Å². The van der Waals surface area contributed by atoms with Crippen LogP contribution in [0.1, 0.15) is 28.4 Å². The summed E-state index contributed by atoms with van der Waals surface area (Å²) in [7, 11) is 0. The molecule has 0 fully saturated rings. The Hall–Kier alpha value is -1.26. The first-order chi connectivity index (χ1) is 9.40. The second-order valence-corrected chi connectivity index (χ2v) is 5.75. The summed E-state index contributed by atoms with van der Waals surface area (Å²) in [6.07, 6.45) is -0.816. The third kappa shape index (κ3) is 3.07. The monoisotopic (exact) mass is 340 g/mol. The molecule has 0 aliphatic carbocycles. The zero-order valence-electron chi connectivity index (χ0n) is 11.3. The fourth-order valence-electron chi connectivity index (χ4n) is 2.19. The van der Waals surface area contributed by atoms with Gasteiger partial charge in [0.25, 0.3) is 0 Å². The molecule has 0 aliphatic rings. The lowest BCUT2D eigenvalue weighted by atomic mass is 9.96. The summed E-state index contributed by atoms with van der Waals surface area (Å²) in [5, 5.41) is 10.3. The summed E-state index contributed by atoms with van der Waals surface area (Å²) in [6, 6.07) is 7.78. The lowest BCUT2D eigenvalue weighted by Crippen LogP contribution is -2.07. The molecule has 0 amide bonds. The zero-order valence-corrected chi connectivity index (χ0v) is 12.8. The van der Waals surface area contributed by atoms with Crippen LogP contribution in [0.25, 0.3) is 0 Å². The molecule has 1 atom stereocenters. The van der Waals surface area contributed by atoms with Crippen molar-refractivity contribution in [1.82, 2.24) is 0 Å². The third-order valence-corrected chi connectivity index (χ3v) is 4.21. The van der Waals surface area contributed by atoms with Gasteiger partial charge in [-0.1, -0.05) is 34.1 Å². The highest BCUT2D eigenvalue weighted by atomic mass is 79.9. The first kappa shape index (κ1) is 15.1. The average molecular weight is 341 g/mol. The van der Waals surface area contributed by atoms with Gasteiger partial charge in [-0.3, -0.25) is 0 Å². The van der Waals surface area contributed by atoms with Gasteiger partial charge in [0.15, 0.2) is 11.6 Å². The number of benzene rings is 2. The van der Waals surface area contributed by atoms with E-state index in [1.54, 1.807) is 0 Å². The fourth-order valence-corrected chi connectivity index (χ4v) is 2.64. The second-order valence-electron chi connectivity index (χ2n) is 4.89. The van der Waals surface area contributed by atoms with E-state index in [-0.39, 0.29) is 12.0 Å². The summed E-state index contributed by atoms with van der Waals surface area (Å²) in [5.41, 5.74) is 2.81. The molecule has 0 saturated carbocycles. The normalized spacial score (nSPS) is 12.5. The Labute approximate surface area is 125 Å². The number of aryl methyl sites for hydroxylation is 2. The molecule has 0 heterocycles. The Morgan fingerprint density at radius 3 is 2.55 bits per heavy atom. The number of aliphatic hydroxyl groups excluding tert-OH is 1. The van der Waals surface area contributed by atoms with E-state index >= 15 is 0 Å². The predicted molar refractivity (Wildman–Crippen MR) is 78.6 cm³/mol. The topological polar surface area (TPSA) is 20.2 Å². The molecule has 2 aromatic carbocycles. The van der Waals surface area contributed by atoms with E-state index < -0.39 is 17.7 Å². The Kier molecular flexibility index (Phi) is 4.55. The molecular weight excluding hydrogens is 326 g/mol. The highest BCUT2D eigenvalue weighted by Gasteiger charge is 2.16.